The van der Waals surface area contributed by atoms with E-state index in [4.69, 9.17) is 10.5 Å². The quantitative estimate of drug-likeness (QED) is 0.594. The lowest BCUT2D eigenvalue weighted by atomic mass is 9.76. The first-order valence-electron chi connectivity index (χ1n) is 10.4. The molecule has 0 aliphatic carbocycles. The monoisotopic (exact) mass is 409 g/mol. The van der Waals surface area contributed by atoms with Crippen LogP contribution >= 0.6 is 0 Å². The van der Waals surface area contributed by atoms with Gasteiger partial charge in [0.1, 0.15) is 5.75 Å². The van der Waals surface area contributed by atoms with Crippen LogP contribution in [0.15, 0.2) is 42.5 Å². The third-order valence-electron chi connectivity index (χ3n) is 6.06. The molecule has 0 atom stereocenters. The molecule has 0 aromatic heterocycles. The molecule has 161 valence electrons. The zero-order chi connectivity index (χ0) is 22.5. The second kappa shape index (κ2) is 9.33. The Kier molecular flexibility index (Phi) is 7.30. The van der Waals surface area contributed by atoms with Gasteiger partial charge in [-0.2, -0.15) is 0 Å². The number of ether oxygens (including phenoxy) is 1. The summed E-state index contributed by atoms with van der Waals surface area (Å²) < 4.78 is 5.92. The van der Waals surface area contributed by atoms with Crippen LogP contribution in [-0.2, 0) is 15.6 Å². The molecular weight excluding hydrogens is 376 g/mol. The van der Waals surface area contributed by atoms with Gasteiger partial charge in [-0.05, 0) is 47.4 Å². The maximum absolute atomic E-state index is 12.5. The van der Waals surface area contributed by atoms with Crippen molar-refractivity contribution in [2.24, 2.45) is 0 Å². The van der Waals surface area contributed by atoms with Gasteiger partial charge in [0, 0.05) is 5.56 Å². The van der Waals surface area contributed by atoms with Gasteiger partial charge in [0.15, 0.2) is 6.61 Å². The van der Waals surface area contributed by atoms with Crippen molar-refractivity contribution in [3.63, 3.8) is 0 Å². The van der Waals surface area contributed by atoms with Crippen molar-refractivity contribution in [2.45, 2.75) is 65.2 Å². The summed E-state index contributed by atoms with van der Waals surface area (Å²) in [5, 5.41) is 2.67. The average molecular weight is 410 g/mol. The van der Waals surface area contributed by atoms with E-state index in [-0.39, 0.29) is 28.9 Å². The van der Waals surface area contributed by atoms with Crippen LogP contribution in [0.3, 0.4) is 0 Å². The molecule has 0 heterocycles. The van der Waals surface area contributed by atoms with Crippen LogP contribution in [0, 0.1) is 0 Å². The highest BCUT2D eigenvalue weighted by Gasteiger charge is 2.27. The maximum atomic E-state index is 12.5. The zero-order valence-corrected chi connectivity index (χ0v) is 18.9. The number of rotatable bonds is 9. The minimum atomic E-state index is -0.840. The number of para-hydroxylation sites is 1. The van der Waals surface area contributed by atoms with Crippen LogP contribution in [0.2, 0.25) is 0 Å². The van der Waals surface area contributed by atoms with E-state index < -0.39 is 5.91 Å². The van der Waals surface area contributed by atoms with Crippen LogP contribution in [0.4, 0.5) is 5.69 Å². The molecule has 30 heavy (non-hydrogen) atoms. The van der Waals surface area contributed by atoms with Crippen molar-refractivity contribution < 1.29 is 14.3 Å². The third-order valence-corrected chi connectivity index (χ3v) is 6.06. The summed E-state index contributed by atoms with van der Waals surface area (Å²) >= 11 is 0. The number of carbonyl (C=O) groups is 2. The van der Waals surface area contributed by atoms with Gasteiger partial charge in [-0.15, -0.1) is 0 Å². The molecular formula is C25H33N2O3. The highest BCUT2D eigenvalue weighted by atomic mass is 16.5. The number of benzene rings is 2. The molecule has 0 saturated heterocycles. The third kappa shape index (κ3) is 5.41. The van der Waals surface area contributed by atoms with Crippen molar-refractivity contribution in [1.29, 1.82) is 0 Å². The molecule has 5 heteroatoms. The predicted octanol–water partition coefficient (Wildman–Crippen LogP) is 5.50. The number of hydrogen-bond donors (Lipinski definition) is 1. The molecule has 0 fully saturated rings. The van der Waals surface area contributed by atoms with Crippen molar-refractivity contribution >= 4 is 17.5 Å². The second-order valence-corrected chi connectivity index (χ2v) is 8.90. The minimum absolute atomic E-state index is 0.0565. The van der Waals surface area contributed by atoms with E-state index in [0.717, 1.165) is 18.4 Å². The van der Waals surface area contributed by atoms with Gasteiger partial charge in [-0.25, -0.2) is 0 Å². The zero-order valence-electron chi connectivity index (χ0n) is 18.9. The van der Waals surface area contributed by atoms with Gasteiger partial charge in [-0.3, -0.25) is 15.3 Å². The van der Waals surface area contributed by atoms with Crippen LogP contribution in [-0.4, -0.2) is 18.4 Å². The highest BCUT2D eigenvalue weighted by molar-refractivity contribution is 6.02. The Morgan fingerprint density at radius 3 is 2.20 bits per heavy atom. The van der Waals surface area contributed by atoms with Crippen LogP contribution in [0.25, 0.3) is 0 Å². The van der Waals surface area contributed by atoms with Crippen molar-refractivity contribution in [3.05, 3.63) is 59.2 Å². The first-order valence-corrected chi connectivity index (χ1v) is 10.4. The first kappa shape index (κ1) is 23.5. The topological polar surface area (TPSA) is 79.2 Å². The first-order chi connectivity index (χ1) is 14.0. The van der Waals surface area contributed by atoms with E-state index in [1.165, 1.54) is 11.6 Å². The molecule has 2 rings (SSSR count). The normalized spacial score (nSPS) is 11.8. The van der Waals surface area contributed by atoms with Gasteiger partial charge in [-0.1, -0.05) is 65.8 Å². The van der Waals surface area contributed by atoms with E-state index in [1.54, 1.807) is 18.2 Å². The van der Waals surface area contributed by atoms with Crippen molar-refractivity contribution in [3.8, 4) is 5.75 Å². The van der Waals surface area contributed by atoms with Crippen LogP contribution < -0.4 is 15.8 Å². The fourth-order valence-electron chi connectivity index (χ4n) is 3.12. The lowest BCUT2D eigenvalue weighted by molar-refractivity contribution is -0.118. The Bertz CT molecular complexity index is 916. The molecule has 0 aliphatic heterocycles. The van der Waals surface area contributed by atoms with Gasteiger partial charge < -0.3 is 10.1 Å². The second-order valence-electron chi connectivity index (χ2n) is 8.90. The Morgan fingerprint density at radius 2 is 1.60 bits per heavy atom. The molecule has 2 amide bonds. The molecule has 0 bridgehead atoms. The van der Waals surface area contributed by atoms with Gasteiger partial charge >= 0.3 is 0 Å². The molecule has 2 aromatic carbocycles. The summed E-state index contributed by atoms with van der Waals surface area (Å²) in [7, 11) is 0. The van der Waals surface area contributed by atoms with E-state index in [2.05, 4.69) is 59.0 Å². The predicted molar refractivity (Wildman–Crippen MR) is 121 cm³/mol. The lowest BCUT2D eigenvalue weighted by Gasteiger charge is -2.30. The fourth-order valence-corrected chi connectivity index (χ4v) is 3.12. The fraction of sp³-hybridized carbons (Fsp3) is 0.440. The van der Waals surface area contributed by atoms with Crippen LogP contribution in [0.5, 0.6) is 5.75 Å². The summed E-state index contributed by atoms with van der Waals surface area (Å²) in [6.07, 6.45) is 1.96. The standard InChI is InChI=1S/C25H33N2O3/c1-7-24(3,4)17-13-14-21(19(15-17)25(5,6)8-2)30-16-22(28)27-20-12-10-9-11-18(20)23(26)29/h9-15,26H,7-8,16H2,1-6H3,(H,27,28). The van der Waals surface area contributed by atoms with Crippen molar-refractivity contribution in [1.82, 2.24) is 5.73 Å². The Hall–Kier alpha value is -2.82. The summed E-state index contributed by atoms with van der Waals surface area (Å²) in [6, 6.07) is 12.7. The summed E-state index contributed by atoms with van der Waals surface area (Å²) in [5.74, 6) is -0.521. The number of amides is 2. The molecule has 0 saturated carbocycles. The molecule has 1 radical (unpaired) electrons. The van der Waals surface area contributed by atoms with Crippen molar-refractivity contribution in [2.75, 3.05) is 11.9 Å². The van der Waals surface area contributed by atoms with E-state index in [0.29, 0.717) is 11.4 Å². The Labute approximate surface area is 180 Å². The molecule has 0 aliphatic rings. The van der Waals surface area contributed by atoms with Gasteiger partial charge in [0.2, 0.25) is 0 Å². The van der Waals surface area contributed by atoms with Gasteiger partial charge in [0.25, 0.3) is 11.8 Å². The van der Waals surface area contributed by atoms with Gasteiger partial charge in [0.05, 0.1) is 11.3 Å². The molecule has 0 spiro atoms. The van der Waals surface area contributed by atoms with E-state index in [1.807, 2.05) is 6.07 Å². The SMILES string of the molecule is CCC(C)(C)c1ccc(OCC(=O)Nc2ccccc2C([NH])=O)c(C(C)(C)CC)c1. The molecule has 2 aromatic rings. The molecule has 2 N–H and O–H groups in total. The van der Waals surface area contributed by atoms with Crippen LogP contribution in [0.1, 0.15) is 75.9 Å². The molecule has 5 nitrogen and oxygen atoms in total. The average Bonchev–Trinajstić information content (AvgIpc) is 2.72. The number of anilines is 1. The Morgan fingerprint density at radius 1 is 0.967 bits per heavy atom. The van der Waals surface area contributed by atoms with E-state index >= 15 is 0 Å². The summed E-state index contributed by atoms with van der Waals surface area (Å²) in [4.78, 5) is 23.9. The number of carbonyl (C=O) groups excluding carboxylic acids is 2. The maximum Gasteiger partial charge on any atom is 0.271 e. The highest BCUT2D eigenvalue weighted by Crippen LogP contribution is 2.38. The summed E-state index contributed by atoms with van der Waals surface area (Å²) in [6.45, 7) is 12.9. The Balaban J connectivity index is 2.24. The number of hydrogen-bond acceptors (Lipinski definition) is 3. The van der Waals surface area contributed by atoms with E-state index in [9.17, 15) is 9.59 Å². The minimum Gasteiger partial charge on any atom is -0.483 e. The smallest absolute Gasteiger partial charge is 0.271 e. The summed E-state index contributed by atoms with van der Waals surface area (Å²) in [5.41, 5.74) is 10.1. The lowest BCUT2D eigenvalue weighted by Crippen LogP contribution is -2.24. The largest absolute Gasteiger partial charge is 0.483 e. The molecule has 0 unspecified atom stereocenters. The number of nitrogens with one attached hydrogen (secondary N) is 2.